The Morgan fingerprint density at radius 3 is 2.81 bits per heavy atom. The van der Waals surface area contributed by atoms with E-state index in [1.54, 1.807) is 19.9 Å². The summed E-state index contributed by atoms with van der Waals surface area (Å²) < 4.78 is 28.0. The van der Waals surface area contributed by atoms with Crippen molar-refractivity contribution in [3.63, 3.8) is 0 Å². The maximum Gasteiger partial charge on any atom is 0.251 e. The topological polar surface area (TPSA) is 72.5 Å². The Labute approximate surface area is 124 Å². The van der Waals surface area contributed by atoms with E-state index in [4.69, 9.17) is 4.74 Å². The minimum atomic E-state index is -3.09. The fourth-order valence-corrected chi connectivity index (χ4v) is 4.48. The van der Waals surface area contributed by atoms with Gasteiger partial charge < -0.3 is 10.1 Å². The normalized spacial score (nSPS) is 25.5. The van der Waals surface area contributed by atoms with Crippen LogP contribution >= 0.6 is 0 Å². The first-order valence-corrected chi connectivity index (χ1v) is 8.70. The second-order valence-corrected chi connectivity index (χ2v) is 8.77. The Hall–Kier alpha value is -1.40. The number of carbonyl (C=O) groups excluding carboxylic acids is 1. The molecule has 1 fully saturated rings. The van der Waals surface area contributed by atoms with Crippen molar-refractivity contribution in [2.45, 2.75) is 37.7 Å². The molecule has 5 nitrogen and oxygen atoms in total. The van der Waals surface area contributed by atoms with E-state index in [1.165, 1.54) is 0 Å². The van der Waals surface area contributed by atoms with Gasteiger partial charge in [0.05, 0.1) is 29.8 Å². The van der Waals surface area contributed by atoms with Crippen LogP contribution in [0.3, 0.4) is 0 Å². The zero-order valence-corrected chi connectivity index (χ0v) is 13.0. The van der Waals surface area contributed by atoms with Crippen molar-refractivity contribution >= 4 is 15.7 Å². The van der Waals surface area contributed by atoms with Gasteiger partial charge in [0.2, 0.25) is 0 Å². The molecule has 0 unspecified atom stereocenters. The molecule has 1 amide bonds. The fraction of sp³-hybridized carbons (Fsp3) is 0.533. The molecule has 2 aliphatic heterocycles. The predicted molar refractivity (Wildman–Crippen MR) is 78.9 cm³/mol. The summed E-state index contributed by atoms with van der Waals surface area (Å²) in [5.74, 6) is -0.175. The van der Waals surface area contributed by atoms with Crippen molar-refractivity contribution in [2.75, 3.05) is 12.4 Å². The quantitative estimate of drug-likeness (QED) is 0.887. The van der Waals surface area contributed by atoms with Crippen LogP contribution in [0.1, 0.15) is 35.3 Å². The van der Waals surface area contributed by atoms with Gasteiger partial charge in [-0.1, -0.05) is 12.1 Å². The highest BCUT2D eigenvalue weighted by Gasteiger charge is 2.54. The highest BCUT2D eigenvalue weighted by atomic mass is 32.2. The lowest BCUT2D eigenvalue weighted by Crippen LogP contribution is -2.66. The van der Waals surface area contributed by atoms with Crippen LogP contribution in [0.5, 0.6) is 0 Å². The number of benzene rings is 1. The average Bonchev–Trinajstić information content (AvgIpc) is 2.45. The summed E-state index contributed by atoms with van der Waals surface area (Å²) in [6.07, 6.45) is 0.714. The van der Waals surface area contributed by atoms with Gasteiger partial charge in [0.15, 0.2) is 9.84 Å². The summed E-state index contributed by atoms with van der Waals surface area (Å²) >= 11 is 0. The SMILES string of the molecule is CC1(C)[C@@H](NC(=O)c2cccc3c2CCOC3)CS1(=O)=O. The van der Waals surface area contributed by atoms with E-state index in [2.05, 4.69) is 5.32 Å². The zero-order valence-electron chi connectivity index (χ0n) is 12.2. The number of hydrogen-bond donors (Lipinski definition) is 1. The molecule has 1 atom stereocenters. The minimum absolute atomic E-state index is 0.0177. The molecule has 0 spiro atoms. The largest absolute Gasteiger partial charge is 0.376 e. The highest BCUT2D eigenvalue weighted by molar-refractivity contribution is 7.94. The molecule has 114 valence electrons. The molecule has 0 aromatic heterocycles. The Morgan fingerprint density at radius 1 is 1.38 bits per heavy atom. The Kier molecular flexibility index (Phi) is 3.33. The molecule has 0 saturated carbocycles. The summed E-state index contributed by atoms with van der Waals surface area (Å²) in [6.45, 7) is 4.45. The van der Waals surface area contributed by atoms with Gasteiger partial charge in [0.25, 0.3) is 5.91 Å². The van der Waals surface area contributed by atoms with E-state index in [1.807, 2.05) is 12.1 Å². The summed E-state index contributed by atoms with van der Waals surface area (Å²) in [5, 5.41) is 2.87. The van der Waals surface area contributed by atoms with Gasteiger partial charge in [-0.05, 0) is 37.5 Å². The number of nitrogens with one attached hydrogen (secondary N) is 1. The smallest absolute Gasteiger partial charge is 0.251 e. The molecule has 2 heterocycles. The maximum atomic E-state index is 12.5. The summed E-state index contributed by atoms with van der Waals surface area (Å²) in [4.78, 5) is 12.5. The molecule has 0 radical (unpaired) electrons. The maximum absolute atomic E-state index is 12.5. The van der Waals surface area contributed by atoms with Gasteiger partial charge in [-0.3, -0.25) is 4.79 Å². The van der Waals surface area contributed by atoms with Crippen LogP contribution in [0.15, 0.2) is 18.2 Å². The number of rotatable bonds is 2. The fourth-order valence-electron chi connectivity index (χ4n) is 2.84. The van der Waals surface area contributed by atoms with Gasteiger partial charge in [-0.2, -0.15) is 0 Å². The van der Waals surface area contributed by atoms with Crippen LogP contribution in [-0.2, 0) is 27.6 Å². The van der Waals surface area contributed by atoms with Crippen LogP contribution in [0, 0.1) is 0 Å². The van der Waals surface area contributed by atoms with Crippen LogP contribution in [0.25, 0.3) is 0 Å². The third-order valence-corrected chi connectivity index (χ3v) is 7.26. The van der Waals surface area contributed by atoms with Gasteiger partial charge in [-0.25, -0.2) is 8.42 Å². The summed E-state index contributed by atoms with van der Waals surface area (Å²) in [5.41, 5.74) is 2.69. The molecular weight excluding hydrogens is 290 g/mol. The van der Waals surface area contributed by atoms with Crippen molar-refractivity contribution in [1.29, 1.82) is 0 Å². The molecule has 0 aliphatic carbocycles. The van der Waals surface area contributed by atoms with Gasteiger partial charge in [0, 0.05) is 5.56 Å². The minimum Gasteiger partial charge on any atom is -0.376 e. The average molecular weight is 309 g/mol. The third kappa shape index (κ3) is 2.26. The van der Waals surface area contributed by atoms with E-state index in [-0.39, 0.29) is 17.7 Å². The Balaban J connectivity index is 1.82. The number of sulfone groups is 1. The third-order valence-electron chi connectivity index (χ3n) is 4.60. The molecule has 3 rings (SSSR count). The van der Waals surface area contributed by atoms with Crippen molar-refractivity contribution in [2.24, 2.45) is 0 Å². The molecule has 0 bridgehead atoms. The van der Waals surface area contributed by atoms with E-state index in [9.17, 15) is 13.2 Å². The van der Waals surface area contributed by atoms with Crippen molar-refractivity contribution < 1.29 is 17.9 Å². The van der Waals surface area contributed by atoms with E-state index in [0.29, 0.717) is 25.2 Å². The number of fused-ring (bicyclic) bond motifs is 1. The van der Waals surface area contributed by atoms with Gasteiger partial charge in [0.1, 0.15) is 0 Å². The molecule has 1 aromatic carbocycles. The second-order valence-electron chi connectivity index (χ2n) is 6.16. The predicted octanol–water partition coefficient (Wildman–Crippen LogP) is 1.06. The summed E-state index contributed by atoms with van der Waals surface area (Å²) in [6, 6.07) is 5.26. The molecule has 2 aliphatic rings. The molecule has 6 heteroatoms. The zero-order chi connectivity index (χ0) is 15.3. The molecule has 1 saturated heterocycles. The van der Waals surface area contributed by atoms with Crippen LogP contribution in [-0.4, -0.2) is 37.5 Å². The molecule has 1 N–H and O–H groups in total. The van der Waals surface area contributed by atoms with E-state index in [0.717, 1.165) is 11.1 Å². The first-order chi connectivity index (χ1) is 9.83. The van der Waals surface area contributed by atoms with Gasteiger partial charge >= 0.3 is 0 Å². The van der Waals surface area contributed by atoms with Crippen molar-refractivity contribution in [3.8, 4) is 0 Å². The van der Waals surface area contributed by atoms with Crippen molar-refractivity contribution in [1.82, 2.24) is 5.32 Å². The Morgan fingerprint density at radius 2 is 2.14 bits per heavy atom. The van der Waals surface area contributed by atoms with Crippen LogP contribution in [0.2, 0.25) is 0 Å². The van der Waals surface area contributed by atoms with Gasteiger partial charge in [-0.15, -0.1) is 0 Å². The first kappa shape index (κ1) is 14.5. The molecular formula is C15H19NO4S. The number of ether oxygens (including phenoxy) is 1. The Bertz CT molecular complexity index is 694. The highest BCUT2D eigenvalue weighted by Crippen LogP contribution is 2.33. The molecule has 1 aromatic rings. The number of hydrogen-bond acceptors (Lipinski definition) is 4. The number of carbonyl (C=O) groups is 1. The van der Waals surface area contributed by atoms with E-state index < -0.39 is 14.6 Å². The summed E-state index contributed by atoms with van der Waals surface area (Å²) in [7, 11) is -3.09. The molecule has 21 heavy (non-hydrogen) atoms. The lowest BCUT2D eigenvalue weighted by Gasteiger charge is -2.43. The van der Waals surface area contributed by atoms with Crippen LogP contribution in [0.4, 0.5) is 0 Å². The number of amides is 1. The first-order valence-electron chi connectivity index (χ1n) is 7.04. The standard InChI is InChI=1S/C15H19NO4S/c1-15(2)13(9-21(15,18)19)16-14(17)12-5-3-4-10-8-20-7-6-11(10)12/h3-5,13H,6-9H2,1-2H3,(H,16,17)/t13-/m0/s1. The lowest BCUT2D eigenvalue weighted by atomic mass is 9.96. The second kappa shape index (κ2) is 4.81. The van der Waals surface area contributed by atoms with E-state index >= 15 is 0 Å². The van der Waals surface area contributed by atoms with Crippen LogP contribution < -0.4 is 5.32 Å². The lowest BCUT2D eigenvalue weighted by molar-refractivity contribution is 0.0918. The van der Waals surface area contributed by atoms with Crippen molar-refractivity contribution in [3.05, 3.63) is 34.9 Å². The monoisotopic (exact) mass is 309 g/mol.